The average Bonchev–Trinajstić information content (AvgIpc) is 3.61. The van der Waals surface area contributed by atoms with Crippen LogP contribution in [0, 0.1) is 11.6 Å². The number of benzene rings is 2. The first-order valence-corrected chi connectivity index (χ1v) is 14.5. The highest BCUT2D eigenvalue weighted by Crippen LogP contribution is 2.36. The maximum Gasteiger partial charge on any atom is 0.264 e. The van der Waals surface area contributed by atoms with Crippen molar-refractivity contribution in [3.63, 3.8) is 0 Å². The highest BCUT2D eigenvalue weighted by atomic mass is 32.2. The second-order valence-electron chi connectivity index (χ2n) is 9.73. The number of aromatic nitrogens is 4. The van der Waals surface area contributed by atoms with Crippen LogP contribution < -0.4 is 20.1 Å². The smallest absolute Gasteiger partial charge is 0.264 e. The number of anilines is 1. The molecule has 5 aromatic rings. The first-order valence-electron chi connectivity index (χ1n) is 13.0. The Bertz CT molecular complexity index is 1820. The minimum absolute atomic E-state index is 0.0403. The Morgan fingerprint density at radius 3 is 2.62 bits per heavy atom. The SMILES string of the molecule is COc1ncc(-c2cc(-c3ncc(CNCCNC(C)C)o3)c3cn[nH]c3c2)cc1NS(=O)(=O)c1ccc(F)cc1F. The fraction of sp³-hybridized carbons (Fsp3) is 0.250. The normalized spacial score (nSPS) is 11.9. The summed E-state index contributed by atoms with van der Waals surface area (Å²) in [5.41, 5.74) is 2.46. The summed E-state index contributed by atoms with van der Waals surface area (Å²) in [4.78, 5) is 7.99. The molecular weight excluding hydrogens is 568 g/mol. The first kappa shape index (κ1) is 29.1. The summed E-state index contributed by atoms with van der Waals surface area (Å²) in [6.07, 6.45) is 4.83. The van der Waals surface area contributed by atoms with Gasteiger partial charge < -0.3 is 19.8 Å². The molecule has 0 atom stereocenters. The van der Waals surface area contributed by atoms with Gasteiger partial charge in [-0.05, 0) is 35.9 Å². The maximum atomic E-state index is 14.3. The van der Waals surface area contributed by atoms with Crippen LogP contribution in [0.1, 0.15) is 19.6 Å². The third-order valence-electron chi connectivity index (χ3n) is 6.30. The van der Waals surface area contributed by atoms with Crippen LogP contribution in [0.15, 0.2) is 64.3 Å². The van der Waals surface area contributed by atoms with Crippen LogP contribution in [0.3, 0.4) is 0 Å². The lowest BCUT2D eigenvalue weighted by molar-refractivity contribution is 0.400. The van der Waals surface area contributed by atoms with Crippen LogP contribution in [0.25, 0.3) is 33.5 Å². The minimum Gasteiger partial charge on any atom is -0.480 e. The number of nitrogens with one attached hydrogen (secondary N) is 4. The summed E-state index contributed by atoms with van der Waals surface area (Å²) in [7, 11) is -3.12. The van der Waals surface area contributed by atoms with Crippen LogP contribution in [0.4, 0.5) is 14.5 Å². The summed E-state index contributed by atoms with van der Waals surface area (Å²) in [6, 6.07) is 7.76. The molecule has 3 aromatic heterocycles. The standard InChI is InChI=1S/C28H29F2N7O4S/c1-16(2)32-7-6-31-13-20-14-34-27(41-20)21-8-17(9-24-22(21)15-35-36-24)18-10-25(28(40-3)33-12-18)37-42(38,39)26-5-4-19(29)11-23(26)30/h4-5,8-12,14-16,31-32,37H,6-7,13H2,1-3H3,(H,35,36). The van der Waals surface area contributed by atoms with Gasteiger partial charge in [-0.2, -0.15) is 5.10 Å². The molecule has 11 nitrogen and oxygen atoms in total. The predicted molar refractivity (Wildman–Crippen MR) is 153 cm³/mol. The summed E-state index contributed by atoms with van der Waals surface area (Å²) < 4.78 is 67.2. The Hall–Kier alpha value is -4.40. The van der Waals surface area contributed by atoms with Gasteiger partial charge in [0.05, 0.1) is 31.6 Å². The van der Waals surface area contributed by atoms with Crippen molar-refractivity contribution in [1.29, 1.82) is 0 Å². The number of sulfonamides is 1. The molecule has 14 heteroatoms. The molecule has 0 bridgehead atoms. The number of methoxy groups -OCH3 is 1. The van der Waals surface area contributed by atoms with Crippen molar-refractivity contribution in [1.82, 2.24) is 30.8 Å². The summed E-state index contributed by atoms with van der Waals surface area (Å²) in [6.45, 7) is 6.26. The number of pyridine rings is 1. The molecule has 0 aliphatic rings. The third kappa shape index (κ3) is 6.40. The zero-order valence-corrected chi connectivity index (χ0v) is 23.9. The highest BCUT2D eigenvalue weighted by molar-refractivity contribution is 7.92. The van der Waals surface area contributed by atoms with E-state index in [1.807, 2.05) is 12.1 Å². The Morgan fingerprint density at radius 2 is 1.86 bits per heavy atom. The number of fused-ring (bicyclic) bond motifs is 1. The molecule has 2 aromatic carbocycles. The van der Waals surface area contributed by atoms with E-state index in [1.165, 1.54) is 19.4 Å². The van der Waals surface area contributed by atoms with Crippen molar-refractivity contribution in [2.75, 3.05) is 24.9 Å². The average molecular weight is 598 g/mol. The predicted octanol–water partition coefficient (Wildman–Crippen LogP) is 4.46. The lowest BCUT2D eigenvalue weighted by atomic mass is 10.0. The summed E-state index contributed by atoms with van der Waals surface area (Å²) in [5.74, 6) is -1.12. The Balaban J connectivity index is 1.45. The van der Waals surface area contributed by atoms with E-state index in [-0.39, 0.29) is 11.6 Å². The van der Waals surface area contributed by atoms with Gasteiger partial charge in [0.2, 0.25) is 11.8 Å². The monoisotopic (exact) mass is 597 g/mol. The van der Waals surface area contributed by atoms with E-state index in [4.69, 9.17) is 9.15 Å². The van der Waals surface area contributed by atoms with E-state index >= 15 is 0 Å². The lowest BCUT2D eigenvalue weighted by Gasteiger charge is -2.13. The number of halogens is 2. The fourth-order valence-electron chi connectivity index (χ4n) is 4.31. The Morgan fingerprint density at radius 1 is 1.02 bits per heavy atom. The van der Waals surface area contributed by atoms with Crippen LogP contribution in [0.2, 0.25) is 0 Å². The molecule has 0 saturated heterocycles. The van der Waals surface area contributed by atoms with E-state index in [1.54, 1.807) is 12.4 Å². The van der Waals surface area contributed by atoms with E-state index in [0.717, 1.165) is 30.6 Å². The molecule has 0 aliphatic heterocycles. The molecule has 5 rings (SSSR count). The van der Waals surface area contributed by atoms with Crippen LogP contribution in [-0.2, 0) is 16.6 Å². The molecule has 42 heavy (non-hydrogen) atoms. The number of hydrogen-bond donors (Lipinski definition) is 4. The van der Waals surface area contributed by atoms with E-state index < -0.39 is 26.6 Å². The van der Waals surface area contributed by atoms with Crippen molar-refractivity contribution >= 4 is 26.6 Å². The molecule has 0 amide bonds. The molecule has 0 fully saturated rings. The van der Waals surface area contributed by atoms with Crippen LogP contribution >= 0.6 is 0 Å². The van der Waals surface area contributed by atoms with Crippen molar-refractivity contribution < 1.29 is 26.4 Å². The van der Waals surface area contributed by atoms with Gasteiger partial charge in [0.25, 0.3) is 10.0 Å². The minimum atomic E-state index is -4.45. The number of ether oxygens (including phenoxy) is 1. The Kier molecular flexibility index (Phi) is 8.47. The van der Waals surface area contributed by atoms with E-state index in [2.05, 4.69) is 49.4 Å². The third-order valence-corrected chi connectivity index (χ3v) is 7.70. The van der Waals surface area contributed by atoms with Gasteiger partial charge in [0.15, 0.2) is 0 Å². The second-order valence-corrected chi connectivity index (χ2v) is 11.4. The van der Waals surface area contributed by atoms with Gasteiger partial charge >= 0.3 is 0 Å². The molecule has 0 saturated carbocycles. The van der Waals surface area contributed by atoms with Gasteiger partial charge in [0.1, 0.15) is 28.0 Å². The molecule has 220 valence electrons. The number of oxazole rings is 1. The number of nitrogens with zero attached hydrogens (tertiary/aromatic N) is 3. The summed E-state index contributed by atoms with van der Waals surface area (Å²) in [5, 5.41) is 14.5. The zero-order valence-electron chi connectivity index (χ0n) is 23.0. The largest absolute Gasteiger partial charge is 0.480 e. The Labute approximate surface area is 240 Å². The van der Waals surface area contributed by atoms with Crippen molar-refractivity contribution in [3.8, 4) is 28.5 Å². The quantitative estimate of drug-likeness (QED) is 0.153. The number of aromatic amines is 1. The topological polar surface area (TPSA) is 147 Å². The molecule has 0 unspecified atom stereocenters. The highest BCUT2D eigenvalue weighted by Gasteiger charge is 2.23. The molecular formula is C28H29F2N7O4S. The molecule has 3 heterocycles. The summed E-state index contributed by atoms with van der Waals surface area (Å²) >= 11 is 0. The second kappa shape index (κ2) is 12.2. The van der Waals surface area contributed by atoms with Gasteiger partial charge in [-0.15, -0.1) is 0 Å². The van der Waals surface area contributed by atoms with Crippen molar-refractivity contribution in [3.05, 3.63) is 72.4 Å². The lowest BCUT2D eigenvalue weighted by Crippen LogP contribution is -2.31. The van der Waals surface area contributed by atoms with Gasteiger partial charge in [-0.1, -0.05) is 13.8 Å². The number of H-pyrrole nitrogens is 1. The number of hydrogen-bond acceptors (Lipinski definition) is 9. The molecule has 0 spiro atoms. The van der Waals surface area contributed by atoms with E-state index in [0.29, 0.717) is 52.5 Å². The van der Waals surface area contributed by atoms with Crippen LogP contribution in [0.5, 0.6) is 5.88 Å². The van der Waals surface area contributed by atoms with Gasteiger partial charge in [-0.25, -0.2) is 27.2 Å². The molecule has 4 N–H and O–H groups in total. The van der Waals surface area contributed by atoms with E-state index in [9.17, 15) is 17.2 Å². The number of rotatable bonds is 12. The van der Waals surface area contributed by atoms with Crippen LogP contribution in [-0.4, -0.2) is 54.8 Å². The zero-order chi connectivity index (χ0) is 29.9. The molecule has 0 aliphatic carbocycles. The first-order chi connectivity index (χ1) is 20.1. The fourth-order valence-corrected chi connectivity index (χ4v) is 5.42. The molecule has 0 radical (unpaired) electrons. The van der Waals surface area contributed by atoms with Gasteiger partial charge in [0, 0.05) is 47.9 Å². The maximum absolute atomic E-state index is 14.3. The van der Waals surface area contributed by atoms with Gasteiger partial charge in [-0.3, -0.25) is 9.82 Å². The van der Waals surface area contributed by atoms with Crippen molar-refractivity contribution in [2.24, 2.45) is 0 Å². The van der Waals surface area contributed by atoms with Crippen molar-refractivity contribution in [2.45, 2.75) is 31.3 Å².